The average molecular weight is 451 g/mol. The maximum Gasteiger partial charge on any atom is 0.416 e. The van der Waals surface area contributed by atoms with Gasteiger partial charge in [0.05, 0.1) is 21.7 Å². The summed E-state index contributed by atoms with van der Waals surface area (Å²) in [6.45, 7) is 1.74. The third-order valence-corrected chi connectivity index (χ3v) is 7.02. The summed E-state index contributed by atoms with van der Waals surface area (Å²) in [7, 11) is -2.52. The minimum atomic E-state index is -4.64. The van der Waals surface area contributed by atoms with Crippen LogP contribution >= 0.6 is 11.6 Å². The highest BCUT2D eigenvalue weighted by molar-refractivity contribution is 7.89. The summed E-state index contributed by atoms with van der Waals surface area (Å²) in [5.41, 5.74) is -0.320. The van der Waals surface area contributed by atoms with Crippen molar-refractivity contribution < 1.29 is 26.4 Å². The number of halogens is 4. The molecule has 3 rings (SSSR count). The van der Waals surface area contributed by atoms with E-state index < -0.39 is 26.7 Å². The number of sulfonamides is 1. The minimum Gasteiger partial charge on any atom is -0.336 e. The molecule has 0 atom stereocenters. The van der Waals surface area contributed by atoms with Gasteiger partial charge < -0.3 is 4.90 Å². The molecule has 0 aliphatic carbocycles. The molecule has 1 aromatic carbocycles. The van der Waals surface area contributed by atoms with Crippen molar-refractivity contribution in [3.05, 3.63) is 46.2 Å². The number of aryl methyl sites for hydroxylation is 2. The van der Waals surface area contributed by atoms with Crippen LogP contribution in [0.1, 0.15) is 21.6 Å². The number of alkyl halides is 3. The average Bonchev–Trinajstić information content (AvgIpc) is 2.92. The number of nitrogens with zero attached hydrogens (tertiary/aromatic N) is 4. The molecular formula is C17H18ClF3N4O3S. The lowest BCUT2D eigenvalue weighted by Gasteiger charge is -2.34. The van der Waals surface area contributed by atoms with Crippen molar-refractivity contribution in [1.29, 1.82) is 0 Å². The fourth-order valence-electron chi connectivity index (χ4n) is 3.14. The predicted molar refractivity (Wildman–Crippen MR) is 99.1 cm³/mol. The maximum absolute atomic E-state index is 12.9. The van der Waals surface area contributed by atoms with Gasteiger partial charge in [0.2, 0.25) is 10.0 Å². The molecule has 158 valence electrons. The Morgan fingerprint density at radius 1 is 1.17 bits per heavy atom. The molecule has 0 unspecified atom stereocenters. The Hall–Kier alpha value is -2.11. The zero-order valence-electron chi connectivity index (χ0n) is 15.6. The molecule has 7 nitrogen and oxygen atoms in total. The van der Waals surface area contributed by atoms with Gasteiger partial charge in [-0.15, -0.1) is 0 Å². The number of benzene rings is 1. The predicted octanol–water partition coefficient (Wildman–Crippen LogP) is 2.55. The summed E-state index contributed by atoms with van der Waals surface area (Å²) in [6.07, 6.45) is -4.64. The number of carbonyl (C=O) groups is 1. The summed E-state index contributed by atoms with van der Waals surface area (Å²) in [5.74, 6) is -0.364. The Bertz CT molecular complexity index is 1040. The first kappa shape index (κ1) is 21.6. The van der Waals surface area contributed by atoms with E-state index in [1.807, 2.05) is 0 Å². The lowest BCUT2D eigenvalue weighted by molar-refractivity contribution is -0.137. The molecule has 29 heavy (non-hydrogen) atoms. The fourth-order valence-corrected chi connectivity index (χ4v) is 4.87. The summed E-state index contributed by atoms with van der Waals surface area (Å²) < 4.78 is 66.6. The van der Waals surface area contributed by atoms with Crippen LogP contribution in [0.3, 0.4) is 0 Å². The van der Waals surface area contributed by atoms with E-state index in [0.717, 1.165) is 22.5 Å². The van der Waals surface area contributed by atoms with E-state index in [2.05, 4.69) is 5.10 Å². The van der Waals surface area contributed by atoms with Crippen LogP contribution in [0.25, 0.3) is 0 Å². The van der Waals surface area contributed by atoms with Crippen LogP contribution in [-0.4, -0.2) is 59.5 Å². The molecule has 1 amide bonds. The second-order valence-electron chi connectivity index (χ2n) is 6.60. The van der Waals surface area contributed by atoms with Crippen LogP contribution in [0.15, 0.2) is 29.2 Å². The quantitative estimate of drug-likeness (QED) is 0.720. The van der Waals surface area contributed by atoms with Gasteiger partial charge in [0, 0.05) is 33.2 Å². The number of carbonyl (C=O) groups excluding carboxylic acids is 1. The number of aromatic nitrogens is 2. The smallest absolute Gasteiger partial charge is 0.336 e. The molecule has 2 heterocycles. The molecule has 1 aliphatic rings. The van der Waals surface area contributed by atoms with Crippen LogP contribution in [0.5, 0.6) is 0 Å². The molecule has 0 saturated carbocycles. The van der Waals surface area contributed by atoms with Crippen LogP contribution in [0.2, 0.25) is 5.15 Å². The molecule has 0 bridgehead atoms. The molecular weight excluding hydrogens is 433 g/mol. The van der Waals surface area contributed by atoms with E-state index in [4.69, 9.17) is 11.6 Å². The Labute approximate surface area is 170 Å². The van der Waals surface area contributed by atoms with E-state index >= 15 is 0 Å². The summed E-state index contributed by atoms with van der Waals surface area (Å²) in [4.78, 5) is 13.8. The van der Waals surface area contributed by atoms with Crippen molar-refractivity contribution in [1.82, 2.24) is 19.0 Å². The van der Waals surface area contributed by atoms with Crippen molar-refractivity contribution in [3.63, 3.8) is 0 Å². The first-order valence-electron chi connectivity index (χ1n) is 8.58. The van der Waals surface area contributed by atoms with Gasteiger partial charge in [0.1, 0.15) is 5.15 Å². The number of piperazine rings is 1. The molecule has 1 fully saturated rings. The topological polar surface area (TPSA) is 75.5 Å². The Balaban J connectivity index is 1.76. The molecule has 0 N–H and O–H groups in total. The normalized spacial score (nSPS) is 16.3. The lowest BCUT2D eigenvalue weighted by atomic mass is 10.2. The second kappa shape index (κ2) is 7.62. The third kappa shape index (κ3) is 4.12. The third-order valence-electron chi connectivity index (χ3n) is 4.69. The van der Waals surface area contributed by atoms with E-state index in [0.29, 0.717) is 11.8 Å². The Morgan fingerprint density at radius 2 is 1.79 bits per heavy atom. The van der Waals surface area contributed by atoms with Crippen LogP contribution < -0.4 is 0 Å². The second-order valence-corrected chi connectivity index (χ2v) is 8.89. The Kier molecular flexibility index (Phi) is 5.67. The summed E-state index contributed by atoms with van der Waals surface area (Å²) in [5, 5.41) is 4.27. The zero-order valence-corrected chi connectivity index (χ0v) is 17.1. The highest BCUT2D eigenvalue weighted by atomic mass is 35.5. The minimum absolute atomic E-state index is 0.0404. The van der Waals surface area contributed by atoms with E-state index in [1.54, 1.807) is 14.0 Å². The summed E-state index contributed by atoms with van der Waals surface area (Å²) in [6, 6.07) is 3.62. The zero-order chi connectivity index (χ0) is 21.6. The molecule has 1 saturated heterocycles. The van der Waals surface area contributed by atoms with Gasteiger partial charge in [0.15, 0.2) is 0 Å². The van der Waals surface area contributed by atoms with Crippen molar-refractivity contribution >= 4 is 27.5 Å². The maximum atomic E-state index is 12.9. The van der Waals surface area contributed by atoms with E-state index in [9.17, 15) is 26.4 Å². The lowest BCUT2D eigenvalue weighted by Crippen LogP contribution is -2.50. The highest BCUT2D eigenvalue weighted by Crippen LogP contribution is 2.31. The van der Waals surface area contributed by atoms with E-state index in [-0.39, 0.29) is 42.8 Å². The van der Waals surface area contributed by atoms with Gasteiger partial charge in [0.25, 0.3) is 5.91 Å². The van der Waals surface area contributed by atoms with Gasteiger partial charge in [-0.2, -0.15) is 22.6 Å². The van der Waals surface area contributed by atoms with Gasteiger partial charge in [-0.25, -0.2) is 8.42 Å². The van der Waals surface area contributed by atoms with Crippen molar-refractivity contribution in [2.24, 2.45) is 7.05 Å². The van der Waals surface area contributed by atoms with Crippen LogP contribution in [0.4, 0.5) is 13.2 Å². The van der Waals surface area contributed by atoms with Crippen molar-refractivity contribution in [3.8, 4) is 0 Å². The SMILES string of the molecule is Cc1nn(C)c(Cl)c1C(=O)N1CCN(S(=O)(=O)c2cccc(C(F)(F)F)c2)CC1. The van der Waals surface area contributed by atoms with Gasteiger partial charge in [-0.3, -0.25) is 9.48 Å². The molecule has 0 radical (unpaired) electrons. The summed E-state index contributed by atoms with van der Waals surface area (Å²) >= 11 is 6.12. The standard InChI is InChI=1S/C17H18ClF3N4O3S/c1-11-14(15(18)23(2)22-11)16(26)24-6-8-25(9-7-24)29(27,28)13-5-3-4-12(10-13)17(19,20)21/h3-5,10H,6-9H2,1-2H3. The molecule has 2 aromatic rings. The molecule has 1 aliphatic heterocycles. The van der Waals surface area contributed by atoms with E-state index in [1.165, 1.54) is 9.58 Å². The van der Waals surface area contributed by atoms with Crippen LogP contribution in [0, 0.1) is 6.92 Å². The molecule has 0 spiro atoms. The number of rotatable bonds is 3. The molecule has 12 heteroatoms. The number of hydrogen-bond acceptors (Lipinski definition) is 4. The van der Waals surface area contributed by atoms with Gasteiger partial charge in [-0.05, 0) is 25.1 Å². The Morgan fingerprint density at radius 3 is 2.31 bits per heavy atom. The molecule has 1 aromatic heterocycles. The van der Waals surface area contributed by atoms with Gasteiger partial charge in [-0.1, -0.05) is 17.7 Å². The van der Waals surface area contributed by atoms with Crippen molar-refractivity contribution in [2.45, 2.75) is 18.0 Å². The first-order valence-corrected chi connectivity index (χ1v) is 10.4. The first-order chi connectivity index (χ1) is 13.4. The fraction of sp³-hybridized carbons (Fsp3) is 0.412. The number of hydrogen-bond donors (Lipinski definition) is 0. The van der Waals surface area contributed by atoms with Crippen LogP contribution in [-0.2, 0) is 23.2 Å². The monoisotopic (exact) mass is 450 g/mol. The van der Waals surface area contributed by atoms with Gasteiger partial charge >= 0.3 is 6.18 Å². The largest absolute Gasteiger partial charge is 0.416 e. The highest BCUT2D eigenvalue weighted by Gasteiger charge is 2.35. The number of amides is 1. The van der Waals surface area contributed by atoms with Crippen molar-refractivity contribution in [2.75, 3.05) is 26.2 Å².